The molecule has 3 nitrogen and oxygen atoms in total. The summed E-state index contributed by atoms with van der Waals surface area (Å²) in [5, 5.41) is 8.63. The Morgan fingerprint density at radius 2 is 2.25 bits per heavy atom. The van der Waals surface area contributed by atoms with Gasteiger partial charge in [-0.15, -0.1) is 0 Å². The van der Waals surface area contributed by atoms with Crippen LogP contribution in [0.2, 0.25) is 0 Å². The maximum atomic E-state index is 8.63. The Balaban J connectivity index is 3.12. The molecular weight excluding hydrogens is 152 g/mol. The molecule has 0 radical (unpaired) electrons. The smallest absolute Gasteiger partial charge is 0.120 e. The highest BCUT2D eigenvalue weighted by Gasteiger charge is 1.98. The first kappa shape index (κ1) is 8.57. The molecule has 0 amide bonds. The van der Waals surface area contributed by atoms with E-state index in [1.54, 1.807) is 19.2 Å². The van der Waals surface area contributed by atoms with Crippen LogP contribution in [0, 0.1) is 11.3 Å². The third kappa shape index (κ3) is 1.74. The number of nitrogens with two attached hydrogens (primary N) is 1. The second kappa shape index (κ2) is 3.74. The van der Waals surface area contributed by atoms with E-state index < -0.39 is 0 Å². The molecule has 0 aliphatic rings. The van der Waals surface area contributed by atoms with Crippen LogP contribution < -0.4 is 10.5 Å². The molecular formula is C9H10N2O. The Morgan fingerprint density at radius 1 is 1.50 bits per heavy atom. The van der Waals surface area contributed by atoms with Gasteiger partial charge in [-0.05, 0) is 23.8 Å². The van der Waals surface area contributed by atoms with E-state index in [1.165, 1.54) is 0 Å². The molecule has 0 spiro atoms. The normalized spacial score (nSPS) is 9.08. The second-order valence-electron chi connectivity index (χ2n) is 2.39. The van der Waals surface area contributed by atoms with Crippen molar-refractivity contribution >= 4 is 0 Å². The fraction of sp³-hybridized carbons (Fsp3) is 0.222. The second-order valence-corrected chi connectivity index (χ2v) is 2.39. The average molecular weight is 162 g/mol. The molecule has 0 saturated carbocycles. The van der Waals surface area contributed by atoms with Gasteiger partial charge in [-0.3, -0.25) is 0 Å². The topological polar surface area (TPSA) is 59.0 Å². The summed E-state index contributed by atoms with van der Waals surface area (Å²) >= 11 is 0. The Hall–Kier alpha value is -1.53. The minimum Gasteiger partial charge on any atom is -0.497 e. The number of nitriles is 1. The molecule has 0 aliphatic heterocycles. The Kier molecular flexibility index (Phi) is 2.67. The molecule has 62 valence electrons. The standard InChI is InChI=1S/C9H10N2O/c1-12-9-3-7(5-10)2-8(4-9)6-11/h2-4H,5,10H2,1H3. The predicted molar refractivity (Wildman–Crippen MR) is 45.6 cm³/mol. The number of ether oxygens (including phenoxy) is 1. The van der Waals surface area contributed by atoms with E-state index in [-0.39, 0.29) is 0 Å². The zero-order valence-electron chi connectivity index (χ0n) is 6.87. The van der Waals surface area contributed by atoms with Gasteiger partial charge in [0.2, 0.25) is 0 Å². The van der Waals surface area contributed by atoms with Crippen LogP contribution in [-0.2, 0) is 6.54 Å². The largest absolute Gasteiger partial charge is 0.497 e. The highest BCUT2D eigenvalue weighted by Crippen LogP contribution is 2.15. The van der Waals surface area contributed by atoms with Crippen molar-refractivity contribution in [1.82, 2.24) is 0 Å². The van der Waals surface area contributed by atoms with E-state index in [1.807, 2.05) is 12.1 Å². The first-order chi connectivity index (χ1) is 5.80. The van der Waals surface area contributed by atoms with Crippen LogP contribution >= 0.6 is 0 Å². The molecule has 0 saturated heterocycles. The number of hydrogen-bond acceptors (Lipinski definition) is 3. The number of benzene rings is 1. The van der Waals surface area contributed by atoms with Gasteiger partial charge in [0, 0.05) is 6.54 Å². The van der Waals surface area contributed by atoms with Crippen LogP contribution in [0.4, 0.5) is 0 Å². The maximum Gasteiger partial charge on any atom is 0.120 e. The van der Waals surface area contributed by atoms with Crippen molar-refractivity contribution in [3.8, 4) is 11.8 Å². The van der Waals surface area contributed by atoms with E-state index in [2.05, 4.69) is 0 Å². The van der Waals surface area contributed by atoms with Crippen LogP contribution in [-0.4, -0.2) is 7.11 Å². The van der Waals surface area contributed by atoms with Crippen LogP contribution in [0.15, 0.2) is 18.2 Å². The van der Waals surface area contributed by atoms with E-state index >= 15 is 0 Å². The van der Waals surface area contributed by atoms with Crippen LogP contribution in [0.25, 0.3) is 0 Å². The number of rotatable bonds is 2. The lowest BCUT2D eigenvalue weighted by atomic mass is 10.1. The van der Waals surface area contributed by atoms with Crippen LogP contribution in [0.1, 0.15) is 11.1 Å². The van der Waals surface area contributed by atoms with Crippen molar-refractivity contribution < 1.29 is 4.74 Å². The quantitative estimate of drug-likeness (QED) is 0.706. The lowest BCUT2D eigenvalue weighted by Crippen LogP contribution is -1.97. The van der Waals surface area contributed by atoms with Gasteiger partial charge in [0.25, 0.3) is 0 Å². The molecule has 1 aromatic carbocycles. The summed E-state index contributed by atoms with van der Waals surface area (Å²) in [5.74, 6) is 0.675. The van der Waals surface area contributed by atoms with E-state index in [0.29, 0.717) is 17.9 Å². The molecule has 1 rings (SSSR count). The van der Waals surface area contributed by atoms with Crippen molar-refractivity contribution in [1.29, 1.82) is 5.26 Å². The van der Waals surface area contributed by atoms with Gasteiger partial charge in [-0.1, -0.05) is 0 Å². The fourth-order valence-corrected chi connectivity index (χ4v) is 0.961. The van der Waals surface area contributed by atoms with Crippen LogP contribution in [0.5, 0.6) is 5.75 Å². The van der Waals surface area contributed by atoms with Crippen molar-refractivity contribution in [3.63, 3.8) is 0 Å². The van der Waals surface area contributed by atoms with Gasteiger partial charge >= 0.3 is 0 Å². The molecule has 3 heteroatoms. The van der Waals surface area contributed by atoms with E-state index in [9.17, 15) is 0 Å². The monoisotopic (exact) mass is 162 g/mol. The van der Waals surface area contributed by atoms with Crippen molar-refractivity contribution in [2.75, 3.05) is 7.11 Å². The Labute approximate surface area is 71.4 Å². The summed E-state index contributed by atoms with van der Waals surface area (Å²) in [6, 6.07) is 7.29. The highest BCUT2D eigenvalue weighted by atomic mass is 16.5. The van der Waals surface area contributed by atoms with E-state index in [4.69, 9.17) is 15.7 Å². The summed E-state index contributed by atoms with van der Waals surface area (Å²) < 4.78 is 4.99. The third-order valence-corrected chi connectivity index (χ3v) is 1.57. The first-order valence-electron chi connectivity index (χ1n) is 3.58. The van der Waals surface area contributed by atoms with Crippen LogP contribution in [0.3, 0.4) is 0 Å². The first-order valence-corrected chi connectivity index (χ1v) is 3.58. The minimum atomic E-state index is 0.422. The summed E-state index contributed by atoms with van der Waals surface area (Å²) in [7, 11) is 1.57. The Bertz CT molecular complexity index is 293. The molecule has 12 heavy (non-hydrogen) atoms. The molecule has 0 fully saturated rings. The Morgan fingerprint density at radius 3 is 2.75 bits per heavy atom. The molecule has 0 unspecified atom stereocenters. The summed E-state index contributed by atoms with van der Waals surface area (Å²) in [6.45, 7) is 0.422. The average Bonchev–Trinajstić information content (AvgIpc) is 2.16. The molecule has 2 N–H and O–H groups in total. The van der Waals surface area contributed by atoms with Gasteiger partial charge in [-0.2, -0.15) is 5.26 Å². The minimum absolute atomic E-state index is 0.422. The SMILES string of the molecule is COc1cc(C#N)cc(CN)c1. The van der Waals surface area contributed by atoms with Gasteiger partial charge in [0.1, 0.15) is 5.75 Å². The lowest BCUT2D eigenvalue weighted by molar-refractivity contribution is 0.414. The zero-order chi connectivity index (χ0) is 8.97. The lowest BCUT2D eigenvalue weighted by Gasteiger charge is -2.02. The molecule has 1 aromatic rings. The van der Waals surface area contributed by atoms with Gasteiger partial charge < -0.3 is 10.5 Å². The summed E-state index contributed by atoms with van der Waals surface area (Å²) in [4.78, 5) is 0. The molecule has 0 bridgehead atoms. The van der Waals surface area contributed by atoms with Crippen molar-refractivity contribution in [2.24, 2.45) is 5.73 Å². The third-order valence-electron chi connectivity index (χ3n) is 1.57. The zero-order valence-corrected chi connectivity index (χ0v) is 6.87. The number of methoxy groups -OCH3 is 1. The van der Waals surface area contributed by atoms with Gasteiger partial charge in [0.05, 0.1) is 18.7 Å². The number of hydrogen-bond donors (Lipinski definition) is 1. The summed E-state index contributed by atoms with van der Waals surface area (Å²) in [6.07, 6.45) is 0. The highest BCUT2D eigenvalue weighted by molar-refractivity contribution is 5.40. The molecule has 0 atom stereocenters. The maximum absolute atomic E-state index is 8.63. The van der Waals surface area contributed by atoms with Crippen molar-refractivity contribution in [3.05, 3.63) is 29.3 Å². The molecule has 0 heterocycles. The van der Waals surface area contributed by atoms with E-state index in [0.717, 1.165) is 5.56 Å². The van der Waals surface area contributed by atoms with Crippen molar-refractivity contribution in [2.45, 2.75) is 6.54 Å². The number of nitrogens with zero attached hydrogens (tertiary/aromatic N) is 1. The van der Waals surface area contributed by atoms with Gasteiger partial charge in [-0.25, -0.2) is 0 Å². The molecule has 0 aliphatic carbocycles. The predicted octanol–water partition coefficient (Wildman–Crippen LogP) is 1.03. The summed E-state index contributed by atoms with van der Waals surface area (Å²) in [5.41, 5.74) is 6.92. The fourth-order valence-electron chi connectivity index (χ4n) is 0.961. The molecule has 0 aromatic heterocycles. The van der Waals surface area contributed by atoms with Gasteiger partial charge in [0.15, 0.2) is 0 Å².